The number of nitrogens with two attached hydrogens (primary N) is 1. The maximum Gasteiger partial charge on any atom is 0.514 e. The van der Waals surface area contributed by atoms with Gasteiger partial charge in [-0.15, -0.1) is 0 Å². The quantitative estimate of drug-likeness (QED) is 0.0979. The van der Waals surface area contributed by atoms with Gasteiger partial charge in [-0.3, -0.25) is 9.59 Å². The molecule has 56 heavy (non-hydrogen) atoms. The van der Waals surface area contributed by atoms with Gasteiger partial charge in [0.15, 0.2) is 18.1 Å². The fourth-order valence-electron chi connectivity index (χ4n) is 6.60. The molecule has 0 atom stereocenters. The van der Waals surface area contributed by atoms with Gasteiger partial charge in [0.05, 0.1) is 25.3 Å². The molecule has 14 nitrogen and oxygen atoms in total. The summed E-state index contributed by atoms with van der Waals surface area (Å²) in [5, 5.41) is 5.69. The van der Waals surface area contributed by atoms with Gasteiger partial charge < -0.3 is 49.9 Å². The van der Waals surface area contributed by atoms with Crippen molar-refractivity contribution in [3.63, 3.8) is 0 Å². The van der Waals surface area contributed by atoms with Gasteiger partial charge in [-0.2, -0.15) is 0 Å². The minimum absolute atomic E-state index is 0.00759. The molecule has 1 aliphatic heterocycles. The van der Waals surface area contributed by atoms with Gasteiger partial charge in [-0.25, -0.2) is 9.59 Å². The van der Waals surface area contributed by atoms with E-state index in [0.717, 1.165) is 43.2 Å². The molecule has 1 saturated carbocycles. The third-order valence-corrected chi connectivity index (χ3v) is 9.20. The van der Waals surface area contributed by atoms with E-state index in [-0.39, 0.29) is 56.1 Å². The van der Waals surface area contributed by atoms with E-state index in [0.29, 0.717) is 43.0 Å². The largest absolute Gasteiger partial charge is 0.514 e. The van der Waals surface area contributed by atoms with Crippen molar-refractivity contribution in [3.8, 4) is 11.5 Å². The molecule has 1 heterocycles. The first-order valence-corrected chi connectivity index (χ1v) is 19.6. The highest BCUT2D eigenvalue weighted by Crippen LogP contribution is 2.40. The van der Waals surface area contributed by atoms with Crippen molar-refractivity contribution in [1.82, 2.24) is 15.1 Å². The second kappa shape index (κ2) is 20.3. The number of nitrogens with zero attached hydrogens (tertiary/aromatic N) is 2. The molecule has 0 radical (unpaired) electrons. The van der Waals surface area contributed by atoms with Crippen LogP contribution in [0.4, 0.5) is 15.3 Å². The van der Waals surface area contributed by atoms with Crippen molar-refractivity contribution in [1.29, 1.82) is 0 Å². The molecule has 4 rings (SSSR count). The fourth-order valence-corrected chi connectivity index (χ4v) is 6.60. The first-order valence-electron chi connectivity index (χ1n) is 19.6. The van der Waals surface area contributed by atoms with Crippen LogP contribution in [-0.4, -0.2) is 97.6 Å². The summed E-state index contributed by atoms with van der Waals surface area (Å²) in [6, 6.07) is 11.4. The van der Waals surface area contributed by atoms with Gasteiger partial charge in [0.2, 0.25) is 5.91 Å². The molecule has 0 unspecified atom stereocenters. The third-order valence-electron chi connectivity index (χ3n) is 9.20. The first-order chi connectivity index (χ1) is 26.5. The van der Waals surface area contributed by atoms with Crippen molar-refractivity contribution in [2.45, 2.75) is 110 Å². The molecule has 0 bridgehead atoms. The predicted octanol–water partition coefficient (Wildman–Crippen LogP) is 6.40. The second-order valence-electron chi connectivity index (χ2n) is 16.1. The molecule has 4 N–H and O–H groups in total. The van der Waals surface area contributed by atoms with E-state index in [4.69, 9.17) is 29.4 Å². The number of benzene rings is 2. The molecular weight excluding hydrogens is 718 g/mol. The Hall–Kier alpha value is -4.98. The van der Waals surface area contributed by atoms with Crippen LogP contribution in [0.15, 0.2) is 42.6 Å². The Morgan fingerprint density at radius 1 is 0.946 bits per heavy atom. The lowest BCUT2D eigenvalue weighted by molar-refractivity contribution is -0.135. The van der Waals surface area contributed by atoms with Crippen LogP contribution in [0, 0.1) is 0 Å². The Labute approximate surface area is 331 Å². The van der Waals surface area contributed by atoms with Gasteiger partial charge in [0, 0.05) is 38.9 Å². The Morgan fingerprint density at radius 2 is 1.68 bits per heavy atom. The van der Waals surface area contributed by atoms with E-state index in [1.807, 2.05) is 49.9 Å². The summed E-state index contributed by atoms with van der Waals surface area (Å²) < 4.78 is 28.3. The van der Waals surface area contributed by atoms with Gasteiger partial charge in [-0.1, -0.05) is 43.5 Å². The minimum Gasteiger partial charge on any atom is -0.481 e. The average molecular weight is 780 g/mol. The number of amides is 3. The maximum absolute atomic E-state index is 13.8. The zero-order valence-corrected chi connectivity index (χ0v) is 34.2. The van der Waals surface area contributed by atoms with Gasteiger partial charge in [-0.05, 0) is 96.0 Å². The minimum atomic E-state index is -0.919. The Balaban J connectivity index is 1.43. The lowest BCUT2D eigenvalue weighted by atomic mass is 9.94. The van der Waals surface area contributed by atoms with Crippen LogP contribution in [0.5, 0.6) is 11.5 Å². The SMILES string of the molecule is CN/C=C(\N)c1cccc(CCOCCC(=O)N(CCN(CCc2ccc(OC(=O)OC(C)(C)C)c3c2OCC(=O)N3)C(=O)OC(C)(C)C)C2CCCCC2)c1. The molecule has 2 aromatic rings. The van der Waals surface area contributed by atoms with Crippen LogP contribution >= 0.6 is 0 Å². The van der Waals surface area contributed by atoms with Gasteiger partial charge >= 0.3 is 12.2 Å². The van der Waals surface area contributed by atoms with E-state index in [9.17, 15) is 19.2 Å². The van der Waals surface area contributed by atoms with E-state index in [2.05, 4.69) is 10.6 Å². The normalized spacial score (nSPS) is 14.8. The fraction of sp³-hybridized carbons (Fsp3) is 0.571. The molecule has 0 spiro atoms. The number of ether oxygens (including phenoxy) is 5. The van der Waals surface area contributed by atoms with Gasteiger partial charge in [0.25, 0.3) is 5.91 Å². The molecular formula is C42H61N5O9. The highest BCUT2D eigenvalue weighted by molar-refractivity contribution is 5.98. The molecule has 0 aromatic heterocycles. The number of carbonyl (C=O) groups excluding carboxylic acids is 4. The zero-order valence-electron chi connectivity index (χ0n) is 34.2. The predicted molar refractivity (Wildman–Crippen MR) is 214 cm³/mol. The average Bonchev–Trinajstić information content (AvgIpc) is 3.12. The summed E-state index contributed by atoms with van der Waals surface area (Å²) in [7, 11) is 1.80. The second-order valence-corrected chi connectivity index (χ2v) is 16.1. The molecule has 2 aliphatic rings. The van der Waals surface area contributed by atoms with Crippen LogP contribution < -0.4 is 25.8 Å². The maximum atomic E-state index is 13.8. The van der Waals surface area contributed by atoms with E-state index >= 15 is 0 Å². The topological polar surface area (TPSA) is 171 Å². The highest BCUT2D eigenvalue weighted by atomic mass is 16.7. The number of nitrogens with one attached hydrogen (secondary N) is 2. The smallest absolute Gasteiger partial charge is 0.481 e. The molecule has 2 aromatic carbocycles. The zero-order chi connectivity index (χ0) is 40.9. The van der Waals surface area contributed by atoms with Crippen molar-refractivity contribution in [3.05, 3.63) is 59.3 Å². The van der Waals surface area contributed by atoms with E-state index in [1.54, 1.807) is 51.1 Å². The van der Waals surface area contributed by atoms with Crippen LogP contribution in [-0.2, 0) is 36.6 Å². The van der Waals surface area contributed by atoms with Crippen LogP contribution in [0.25, 0.3) is 5.70 Å². The van der Waals surface area contributed by atoms with Crippen molar-refractivity contribution in [2.24, 2.45) is 5.73 Å². The summed E-state index contributed by atoms with van der Waals surface area (Å²) in [5.41, 5.74) is 8.18. The van der Waals surface area contributed by atoms with Crippen LogP contribution in [0.2, 0.25) is 0 Å². The number of rotatable bonds is 16. The van der Waals surface area contributed by atoms with Crippen molar-refractivity contribution >= 4 is 35.4 Å². The summed E-state index contributed by atoms with van der Waals surface area (Å²) >= 11 is 0. The monoisotopic (exact) mass is 779 g/mol. The van der Waals surface area contributed by atoms with Crippen LogP contribution in [0.1, 0.15) is 96.8 Å². The Morgan fingerprint density at radius 3 is 2.38 bits per heavy atom. The Kier molecular flexibility index (Phi) is 15.8. The van der Waals surface area contributed by atoms with Crippen molar-refractivity contribution in [2.75, 3.05) is 51.8 Å². The summed E-state index contributed by atoms with van der Waals surface area (Å²) in [5.74, 6) is 0.0199. The number of carbonyl (C=O) groups is 4. The summed E-state index contributed by atoms with van der Waals surface area (Å²) in [6.45, 7) is 11.9. The van der Waals surface area contributed by atoms with E-state index in [1.165, 1.54) is 0 Å². The lowest BCUT2D eigenvalue weighted by Gasteiger charge is -2.36. The van der Waals surface area contributed by atoms with Crippen molar-refractivity contribution < 1.29 is 42.9 Å². The molecule has 14 heteroatoms. The molecule has 1 fully saturated rings. The lowest BCUT2D eigenvalue weighted by Crippen LogP contribution is -2.48. The number of hydrogen-bond donors (Lipinski definition) is 3. The highest BCUT2D eigenvalue weighted by Gasteiger charge is 2.30. The summed E-state index contributed by atoms with van der Waals surface area (Å²) in [6.07, 6.45) is 6.62. The molecule has 3 amide bonds. The molecule has 0 saturated heterocycles. The molecule has 308 valence electrons. The first kappa shape index (κ1) is 43.7. The Bertz CT molecular complexity index is 1690. The van der Waals surface area contributed by atoms with E-state index < -0.39 is 29.4 Å². The molecule has 1 aliphatic carbocycles. The number of anilines is 1. The van der Waals surface area contributed by atoms with Crippen LogP contribution in [0.3, 0.4) is 0 Å². The standard InChI is InChI=1S/C42H61N5O9/c1-41(2,3)55-39(50)46(21-18-30-16-17-34(54-40(51)56-42(4,5)6)37-38(30)53-28-35(48)45-37)22-23-47(32-14-9-8-10-15-32)36(49)20-25-52-24-19-29-12-11-13-31(26-29)33(43)27-44-7/h11-13,16-17,26-27,32,44H,8-10,14-15,18-25,28,43H2,1-7H3,(H,45,48)/b33-27-. The summed E-state index contributed by atoms with van der Waals surface area (Å²) in [4.78, 5) is 55.7. The number of fused-ring (bicyclic) bond motifs is 1. The number of hydrogen-bond acceptors (Lipinski definition) is 11. The third kappa shape index (κ3) is 13.9. The van der Waals surface area contributed by atoms with Gasteiger partial charge in [0.1, 0.15) is 16.9 Å².